The number of fused-ring (bicyclic) bond motifs is 1. The fourth-order valence-electron chi connectivity index (χ4n) is 2.63. The van der Waals surface area contributed by atoms with E-state index in [1.165, 1.54) is 18.2 Å². The second-order valence-corrected chi connectivity index (χ2v) is 5.59. The van der Waals surface area contributed by atoms with E-state index >= 15 is 0 Å². The van der Waals surface area contributed by atoms with Crippen LogP contribution in [-0.2, 0) is 9.53 Å². The minimum Gasteiger partial charge on any atom is -0.497 e. The number of cyclic esters (lactones) is 1. The second kappa shape index (κ2) is 6.45. The molecule has 0 spiro atoms. The summed E-state index contributed by atoms with van der Waals surface area (Å²) in [6, 6.07) is 9.48. The average Bonchev–Trinajstić information content (AvgIpc) is 3.27. The molecule has 2 aromatic carbocycles. The van der Waals surface area contributed by atoms with Crippen LogP contribution in [-0.4, -0.2) is 30.7 Å². The summed E-state index contributed by atoms with van der Waals surface area (Å²) in [6.07, 6.45) is 1.29. The van der Waals surface area contributed by atoms with Crippen molar-refractivity contribution in [1.82, 2.24) is 0 Å². The van der Waals surface area contributed by atoms with Gasteiger partial charge in [-0.1, -0.05) is 0 Å². The van der Waals surface area contributed by atoms with E-state index in [0.717, 1.165) is 0 Å². The van der Waals surface area contributed by atoms with Gasteiger partial charge in [0.2, 0.25) is 12.7 Å². The molecule has 2 aromatic rings. The van der Waals surface area contributed by atoms with E-state index in [0.29, 0.717) is 17.1 Å². The Morgan fingerprint density at radius 1 is 1.19 bits per heavy atom. The van der Waals surface area contributed by atoms with Gasteiger partial charge in [0, 0.05) is 5.56 Å². The van der Waals surface area contributed by atoms with Gasteiger partial charge >= 0.3 is 5.97 Å². The van der Waals surface area contributed by atoms with Crippen molar-refractivity contribution in [2.24, 2.45) is 4.99 Å². The third kappa shape index (κ3) is 3.06. The first kappa shape index (κ1) is 16.6. The fourth-order valence-corrected chi connectivity index (χ4v) is 2.63. The van der Waals surface area contributed by atoms with Gasteiger partial charge in [-0.2, -0.15) is 0 Å². The Labute approximate surface area is 152 Å². The summed E-state index contributed by atoms with van der Waals surface area (Å²) in [4.78, 5) is 27.1. The smallest absolute Gasteiger partial charge is 0.363 e. The van der Waals surface area contributed by atoms with E-state index in [-0.39, 0.29) is 35.4 Å². The second-order valence-electron chi connectivity index (χ2n) is 5.59. The number of hydrogen-bond acceptors (Lipinski definition) is 8. The zero-order valence-corrected chi connectivity index (χ0v) is 14.0. The Bertz CT molecular complexity index is 1010. The lowest BCUT2D eigenvalue weighted by Crippen LogP contribution is -2.05. The molecule has 0 aromatic heterocycles. The maximum atomic E-state index is 12.1. The zero-order chi connectivity index (χ0) is 19.0. The quantitative estimate of drug-likeness (QED) is 0.353. The minimum absolute atomic E-state index is 0.0195. The lowest BCUT2D eigenvalue weighted by atomic mass is 10.1. The Hall–Kier alpha value is -3.88. The molecule has 0 amide bonds. The summed E-state index contributed by atoms with van der Waals surface area (Å²) in [7, 11) is 1.54. The van der Waals surface area contributed by atoms with Gasteiger partial charge in [0.05, 0.1) is 23.7 Å². The van der Waals surface area contributed by atoms with Crippen LogP contribution in [0.2, 0.25) is 0 Å². The molecule has 0 atom stereocenters. The molecule has 0 unspecified atom stereocenters. The highest BCUT2D eigenvalue weighted by molar-refractivity contribution is 6.13. The Morgan fingerprint density at radius 3 is 2.56 bits per heavy atom. The van der Waals surface area contributed by atoms with Gasteiger partial charge in [-0.15, -0.1) is 0 Å². The van der Waals surface area contributed by atoms with Gasteiger partial charge in [-0.05, 0) is 36.4 Å². The van der Waals surface area contributed by atoms with Crippen LogP contribution < -0.4 is 14.2 Å². The molecule has 0 aliphatic carbocycles. The summed E-state index contributed by atoms with van der Waals surface area (Å²) >= 11 is 0. The van der Waals surface area contributed by atoms with Crippen molar-refractivity contribution in [3.63, 3.8) is 0 Å². The number of hydrogen-bond donors (Lipinski definition) is 0. The largest absolute Gasteiger partial charge is 0.497 e. The van der Waals surface area contributed by atoms with Crippen LogP contribution in [0.3, 0.4) is 0 Å². The van der Waals surface area contributed by atoms with Crippen molar-refractivity contribution < 1.29 is 28.7 Å². The summed E-state index contributed by atoms with van der Waals surface area (Å²) in [5.74, 6) is 0.693. The molecule has 0 saturated carbocycles. The molecule has 9 heteroatoms. The number of methoxy groups -OCH3 is 1. The van der Waals surface area contributed by atoms with Crippen LogP contribution in [0.1, 0.15) is 11.1 Å². The molecule has 2 heterocycles. The van der Waals surface area contributed by atoms with Crippen molar-refractivity contribution in [2.45, 2.75) is 0 Å². The van der Waals surface area contributed by atoms with Crippen LogP contribution in [0, 0.1) is 10.1 Å². The number of aliphatic imine (C=N–C) groups is 1. The normalized spacial score (nSPS) is 16.3. The molecule has 9 nitrogen and oxygen atoms in total. The number of nitrogens with zero attached hydrogens (tertiary/aromatic N) is 2. The predicted octanol–water partition coefficient (Wildman–Crippen LogP) is 2.68. The molecule has 27 heavy (non-hydrogen) atoms. The first-order valence-corrected chi connectivity index (χ1v) is 7.80. The number of carbonyl (C=O) groups excluding carboxylic acids is 1. The molecule has 0 N–H and O–H groups in total. The SMILES string of the molecule is COc1ccc(C2=N/C(=C/c3cc4c(cc3[N+](=O)[O-])OCO4)C(=O)O2)cc1. The van der Waals surface area contributed by atoms with E-state index in [1.54, 1.807) is 31.4 Å². The number of esters is 1. The van der Waals surface area contributed by atoms with Crippen molar-refractivity contribution >= 4 is 23.6 Å². The van der Waals surface area contributed by atoms with Crippen LogP contribution >= 0.6 is 0 Å². The highest BCUT2D eigenvalue weighted by Gasteiger charge is 2.27. The van der Waals surface area contributed by atoms with E-state index in [2.05, 4.69) is 4.99 Å². The molecular weight excluding hydrogens is 356 g/mol. The third-order valence-corrected chi connectivity index (χ3v) is 3.97. The van der Waals surface area contributed by atoms with Gasteiger partial charge in [0.25, 0.3) is 5.69 Å². The molecule has 0 radical (unpaired) electrons. The Balaban J connectivity index is 1.72. The molecule has 0 bridgehead atoms. The minimum atomic E-state index is -0.701. The van der Waals surface area contributed by atoms with Crippen LogP contribution in [0.25, 0.3) is 6.08 Å². The highest BCUT2D eigenvalue weighted by Crippen LogP contribution is 2.39. The van der Waals surface area contributed by atoms with E-state index in [9.17, 15) is 14.9 Å². The molecule has 136 valence electrons. The number of benzene rings is 2. The Kier molecular flexibility index (Phi) is 3.96. The summed E-state index contributed by atoms with van der Waals surface area (Å²) in [5.41, 5.74) is 0.457. The molecule has 2 aliphatic rings. The molecule has 2 aliphatic heterocycles. The number of nitro benzene ring substituents is 1. The number of carbonyl (C=O) groups is 1. The van der Waals surface area contributed by atoms with Gasteiger partial charge < -0.3 is 18.9 Å². The monoisotopic (exact) mass is 368 g/mol. The van der Waals surface area contributed by atoms with Crippen LogP contribution in [0.4, 0.5) is 5.69 Å². The van der Waals surface area contributed by atoms with Crippen molar-refractivity contribution in [2.75, 3.05) is 13.9 Å². The van der Waals surface area contributed by atoms with Crippen molar-refractivity contribution in [3.8, 4) is 17.2 Å². The van der Waals surface area contributed by atoms with Crippen molar-refractivity contribution in [3.05, 3.63) is 63.3 Å². The van der Waals surface area contributed by atoms with Gasteiger partial charge in [0.1, 0.15) is 5.75 Å². The maximum Gasteiger partial charge on any atom is 0.363 e. The molecule has 0 saturated heterocycles. The van der Waals surface area contributed by atoms with Crippen LogP contribution in [0.15, 0.2) is 47.1 Å². The number of rotatable bonds is 4. The highest BCUT2D eigenvalue weighted by atomic mass is 16.7. The third-order valence-electron chi connectivity index (χ3n) is 3.97. The van der Waals surface area contributed by atoms with Crippen LogP contribution in [0.5, 0.6) is 17.2 Å². The van der Waals surface area contributed by atoms with Gasteiger partial charge in [-0.3, -0.25) is 10.1 Å². The lowest BCUT2D eigenvalue weighted by molar-refractivity contribution is -0.385. The first-order chi connectivity index (χ1) is 13.0. The Morgan fingerprint density at radius 2 is 1.89 bits per heavy atom. The maximum absolute atomic E-state index is 12.1. The first-order valence-electron chi connectivity index (χ1n) is 7.80. The lowest BCUT2D eigenvalue weighted by Gasteiger charge is -2.01. The van der Waals surface area contributed by atoms with Gasteiger partial charge in [-0.25, -0.2) is 9.79 Å². The summed E-state index contributed by atoms with van der Waals surface area (Å²) < 4.78 is 20.6. The summed E-state index contributed by atoms with van der Waals surface area (Å²) in [6.45, 7) is -0.0195. The summed E-state index contributed by atoms with van der Waals surface area (Å²) in [5, 5.41) is 11.3. The molecule has 0 fully saturated rings. The van der Waals surface area contributed by atoms with E-state index in [1.807, 2.05) is 0 Å². The van der Waals surface area contributed by atoms with Crippen molar-refractivity contribution in [1.29, 1.82) is 0 Å². The molecular formula is C18H12N2O7. The fraction of sp³-hybridized carbons (Fsp3) is 0.111. The zero-order valence-electron chi connectivity index (χ0n) is 14.0. The van der Waals surface area contributed by atoms with E-state index in [4.69, 9.17) is 18.9 Å². The number of nitro groups is 1. The number of ether oxygens (including phenoxy) is 4. The standard InChI is InChI=1S/C18H12N2O7/c1-24-12-4-2-10(3-5-12)17-19-13(18(21)27-17)6-11-7-15-16(26-9-25-15)8-14(11)20(22)23/h2-8H,9H2,1H3/b13-6+. The van der Waals surface area contributed by atoms with Gasteiger partial charge in [0.15, 0.2) is 17.2 Å². The molecule has 4 rings (SSSR count). The predicted molar refractivity (Wildman–Crippen MR) is 92.8 cm³/mol. The average molecular weight is 368 g/mol. The topological polar surface area (TPSA) is 109 Å². The van der Waals surface area contributed by atoms with E-state index < -0.39 is 10.9 Å².